The molecule has 0 bridgehead atoms. The Morgan fingerprint density at radius 3 is 2.61 bits per heavy atom. The summed E-state index contributed by atoms with van der Waals surface area (Å²) in [6.07, 6.45) is -0.342. The number of rotatable bonds is 4. The average molecular weight is 319 g/mol. The molecule has 23 heavy (non-hydrogen) atoms. The minimum Gasteiger partial charge on any atom is -0.444 e. The minimum absolute atomic E-state index is 0.293. The maximum Gasteiger partial charge on any atom is 0.407 e. The van der Waals surface area contributed by atoms with Crippen LogP contribution in [-0.2, 0) is 11.3 Å². The van der Waals surface area contributed by atoms with Gasteiger partial charge in [0, 0.05) is 38.8 Å². The molecule has 0 radical (unpaired) electrons. The fraction of sp³-hybridized carbons (Fsp3) is 0.611. The molecule has 0 aromatic heterocycles. The van der Waals surface area contributed by atoms with Crippen LogP contribution in [0.3, 0.4) is 0 Å². The molecule has 0 spiro atoms. The minimum atomic E-state index is -0.461. The second kappa shape index (κ2) is 7.79. The lowest BCUT2D eigenvalue weighted by Crippen LogP contribution is -2.55. The molecule has 5 nitrogen and oxygen atoms in total. The molecule has 128 valence electrons. The Morgan fingerprint density at radius 1 is 1.26 bits per heavy atom. The SMILES string of the molecule is CN1CCN(Cc2ccccc2)C(CNC(=O)OC(C)(C)C)C1. The molecule has 1 atom stereocenters. The van der Waals surface area contributed by atoms with Gasteiger partial charge >= 0.3 is 6.09 Å². The number of hydrogen-bond donors (Lipinski definition) is 1. The van der Waals surface area contributed by atoms with Gasteiger partial charge < -0.3 is 15.0 Å². The normalized spacial score (nSPS) is 20.3. The van der Waals surface area contributed by atoms with Crippen molar-refractivity contribution in [2.24, 2.45) is 0 Å². The molecule has 2 rings (SSSR count). The van der Waals surface area contributed by atoms with E-state index in [0.717, 1.165) is 26.2 Å². The van der Waals surface area contributed by atoms with Crippen LogP contribution in [0.1, 0.15) is 26.3 Å². The van der Waals surface area contributed by atoms with Crippen molar-refractivity contribution in [1.82, 2.24) is 15.1 Å². The smallest absolute Gasteiger partial charge is 0.407 e. The van der Waals surface area contributed by atoms with E-state index in [0.29, 0.717) is 12.6 Å². The maximum atomic E-state index is 11.9. The third-order valence-corrected chi connectivity index (χ3v) is 3.92. The highest BCUT2D eigenvalue weighted by molar-refractivity contribution is 5.67. The van der Waals surface area contributed by atoms with Crippen LogP contribution >= 0.6 is 0 Å². The van der Waals surface area contributed by atoms with Crippen molar-refractivity contribution >= 4 is 6.09 Å². The van der Waals surface area contributed by atoms with Gasteiger partial charge in [-0.25, -0.2) is 4.79 Å². The first-order valence-corrected chi connectivity index (χ1v) is 8.27. The second-order valence-corrected chi connectivity index (χ2v) is 7.25. The monoisotopic (exact) mass is 319 g/mol. The van der Waals surface area contributed by atoms with Crippen molar-refractivity contribution in [1.29, 1.82) is 0 Å². The van der Waals surface area contributed by atoms with E-state index in [4.69, 9.17) is 4.74 Å². The third kappa shape index (κ3) is 6.20. The molecule has 1 N–H and O–H groups in total. The Kier molecular flexibility index (Phi) is 6.02. The maximum absolute atomic E-state index is 11.9. The van der Waals surface area contributed by atoms with Crippen LogP contribution in [0.25, 0.3) is 0 Å². The Hall–Kier alpha value is -1.59. The molecular formula is C18H29N3O2. The molecule has 0 aliphatic carbocycles. The predicted molar refractivity (Wildman–Crippen MR) is 92.4 cm³/mol. The van der Waals surface area contributed by atoms with E-state index in [1.165, 1.54) is 5.56 Å². The standard InChI is InChI=1S/C18H29N3O2/c1-18(2,3)23-17(22)19-12-16-14-20(4)10-11-21(16)13-15-8-6-5-7-9-15/h5-9,16H,10-14H2,1-4H3,(H,19,22). The van der Waals surface area contributed by atoms with Gasteiger partial charge in [-0.15, -0.1) is 0 Å². The number of ether oxygens (including phenoxy) is 1. The molecule has 1 unspecified atom stereocenters. The molecule has 5 heteroatoms. The number of amides is 1. The van der Waals surface area contributed by atoms with Gasteiger partial charge in [0.15, 0.2) is 0 Å². The van der Waals surface area contributed by atoms with Crippen LogP contribution in [0.5, 0.6) is 0 Å². The van der Waals surface area contributed by atoms with Crippen LogP contribution in [0.4, 0.5) is 4.79 Å². The molecule has 1 aromatic carbocycles. The van der Waals surface area contributed by atoms with E-state index in [1.54, 1.807) is 0 Å². The van der Waals surface area contributed by atoms with Gasteiger partial charge in [-0.1, -0.05) is 30.3 Å². The average Bonchev–Trinajstić information content (AvgIpc) is 2.47. The van der Waals surface area contributed by atoms with Crippen molar-refractivity contribution in [3.8, 4) is 0 Å². The Labute approximate surface area is 139 Å². The summed E-state index contributed by atoms with van der Waals surface area (Å²) in [7, 11) is 2.13. The highest BCUT2D eigenvalue weighted by Gasteiger charge is 2.26. The number of carbonyl (C=O) groups excluding carboxylic acids is 1. The highest BCUT2D eigenvalue weighted by atomic mass is 16.6. The lowest BCUT2D eigenvalue weighted by molar-refractivity contribution is 0.0453. The molecule has 1 aliphatic heterocycles. The summed E-state index contributed by atoms with van der Waals surface area (Å²) < 4.78 is 5.33. The van der Waals surface area contributed by atoms with Crippen LogP contribution in [0.15, 0.2) is 30.3 Å². The molecule has 1 saturated heterocycles. The number of nitrogens with one attached hydrogen (secondary N) is 1. The summed E-state index contributed by atoms with van der Waals surface area (Å²) in [5.74, 6) is 0. The molecule has 1 amide bonds. The first kappa shape index (κ1) is 17.8. The number of likely N-dealkylation sites (N-methyl/N-ethyl adjacent to an activating group) is 1. The van der Waals surface area contributed by atoms with Gasteiger partial charge in [0.1, 0.15) is 5.60 Å². The molecule has 1 heterocycles. The van der Waals surface area contributed by atoms with Gasteiger partial charge in [-0.05, 0) is 33.4 Å². The first-order chi connectivity index (χ1) is 10.8. The van der Waals surface area contributed by atoms with E-state index in [-0.39, 0.29) is 6.09 Å². The van der Waals surface area contributed by atoms with Crippen LogP contribution < -0.4 is 5.32 Å². The number of benzene rings is 1. The summed E-state index contributed by atoms with van der Waals surface area (Å²) in [4.78, 5) is 16.6. The van der Waals surface area contributed by atoms with Crippen LogP contribution in [-0.4, -0.2) is 60.8 Å². The Balaban J connectivity index is 1.91. The molecule has 1 fully saturated rings. The predicted octanol–water partition coefficient (Wildman–Crippen LogP) is 2.33. The summed E-state index contributed by atoms with van der Waals surface area (Å²) in [5.41, 5.74) is 0.844. The molecule has 0 saturated carbocycles. The number of carbonyl (C=O) groups is 1. The third-order valence-electron chi connectivity index (χ3n) is 3.92. The number of alkyl carbamates (subject to hydrolysis) is 1. The van der Waals surface area contributed by atoms with Crippen LogP contribution in [0, 0.1) is 0 Å². The van der Waals surface area contributed by atoms with Crippen molar-refractivity contribution in [2.45, 2.75) is 39.0 Å². The van der Waals surface area contributed by atoms with Crippen molar-refractivity contribution in [3.05, 3.63) is 35.9 Å². The van der Waals surface area contributed by atoms with Gasteiger partial charge in [-0.2, -0.15) is 0 Å². The Morgan fingerprint density at radius 2 is 1.96 bits per heavy atom. The quantitative estimate of drug-likeness (QED) is 0.925. The topological polar surface area (TPSA) is 44.8 Å². The van der Waals surface area contributed by atoms with Gasteiger partial charge in [0.2, 0.25) is 0 Å². The van der Waals surface area contributed by atoms with Gasteiger partial charge in [0.05, 0.1) is 0 Å². The Bertz CT molecular complexity index is 499. The molecule has 1 aromatic rings. The fourth-order valence-corrected chi connectivity index (χ4v) is 2.78. The van der Waals surface area contributed by atoms with Crippen molar-refractivity contribution < 1.29 is 9.53 Å². The fourth-order valence-electron chi connectivity index (χ4n) is 2.78. The van der Waals surface area contributed by atoms with Gasteiger partial charge in [-0.3, -0.25) is 4.90 Å². The molecule has 1 aliphatic rings. The largest absolute Gasteiger partial charge is 0.444 e. The lowest BCUT2D eigenvalue weighted by atomic mass is 10.1. The summed E-state index contributed by atoms with van der Waals surface area (Å²) in [5, 5.41) is 2.92. The zero-order chi connectivity index (χ0) is 16.9. The summed E-state index contributed by atoms with van der Waals surface area (Å²) in [6.45, 7) is 10.2. The summed E-state index contributed by atoms with van der Waals surface area (Å²) >= 11 is 0. The zero-order valence-electron chi connectivity index (χ0n) is 14.7. The number of piperazine rings is 1. The number of nitrogens with zero attached hydrogens (tertiary/aromatic N) is 2. The second-order valence-electron chi connectivity index (χ2n) is 7.25. The van der Waals surface area contributed by atoms with E-state index in [2.05, 4.69) is 46.4 Å². The zero-order valence-corrected chi connectivity index (χ0v) is 14.7. The van der Waals surface area contributed by atoms with Crippen LogP contribution in [0.2, 0.25) is 0 Å². The van der Waals surface area contributed by atoms with E-state index in [1.807, 2.05) is 26.8 Å². The van der Waals surface area contributed by atoms with E-state index >= 15 is 0 Å². The van der Waals surface area contributed by atoms with E-state index in [9.17, 15) is 4.79 Å². The highest BCUT2D eigenvalue weighted by Crippen LogP contribution is 2.13. The van der Waals surface area contributed by atoms with E-state index < -0.39 is 5.60 Å². The summed E-state index contributed by atoms with van der Waals surface area (Å²) in [6, 6.07) is 10.8. The van der Waals surface area contributed by atoms with Crippen molar-refractivity contribution in [2.75, 3.05) is 33.2 Å². The molecular weight excluding hydrogens is 290 g/mol. The van der Waals surface area contributed by atoms with Crippen molar-refractivity contribution in [3.63, 3.8) is 0 Å². The van der Waals surface area contributed by atoms with Gasteiger partial charge in [0.25, 0.3) is 0 Å². The number of hydrogen-bond acceptors (Lipinski definition) is 4. The lowest BCUT2D eigenvalue weighted by Gasteiger charge is -2.40. The first-order valence-electron chi connectivity index (χ1n) is 8.27.